The molecule has 1 amide bonds. The average Bonchev–Trinajstić information content (AvgIpc) is 2.81. The Kier molecular flexibility index (Phi) is 3.32. The average molecular weight is 266 g/mol. The number of hydrogen-bond donors (Lipinski definition) is 2. The van der Waals surface area contributed by atoms with Gasteiger partial charge in [0.15, 0.2) is 5.69 Å². The van der Waals surface area contributed by atoms with Crippen LogP contribution in [0.2, 0.25) is 0 Å². The lowest BCUT2D eigenvalue weighted by atomic mass is 9.79. The minimum atomic E-state index is -0.549. The highest BCUT2D eigenvalue weighted by Crippen LogP contribution is 2.28. The van der Waals surface area contributed by atoms with Crippen LogP contribution in [0.15, 0.2) is 12.1 Å². The number of hydrogen-bond acceptors (Lipinski definition) is 4. The number of nitrogens with two attached hydrogens (primary N) is 1. The first-order valence-electron chi connectivity index (χ1n) is 6.19. The van der Waals surface area contributed by atoms with Crippen molar-refractivity contribution >= 4 is 11.7 Å². The fourth-order valence-corrected chi connectivity index (χ4v) is 2.33. The van der Waals surface area contributed by atoms with Crippen LogP contribution < -0.4 is 5.73 Å². The van der Waals surface area contributed by atoms with Gasteiger partial charge in [0.2, 0.25) is 0 Å². The van der Waals surface area contributed by atoms with Gasteiger partial charge in [-0.2, -0.15) is 0 Å². The summed E-state index contributed by atoms with van der Waals surface area (Å²) in [5.41, 5.74) is 6.12. The van der Waals surface area contributed by atoms with Crippen LogP contribution in [0.1, 0.15) is 30.8 Å². The van der Waals surface area contributed by atoms with E-state index in [1.54, 1.807) is 4.90 Å². The zero-order valence-electron chi connectivity index (χ0n) is 11.0. The van der Waals surface area contributed by atoms with Crippen LogP contribution in [-0.2, 0) is 0 Å². The molecule has 1 unspecified atom stereocenters. The maximum absolute atomic E-state index is 12.3. The number of rotatable bonds is 2. The second-order valence-electron chi connectivity index (χ2n) is 5.62. The molecule has 19 heavy (non-hydrogen) atoms. The summed E-state index contributed by atoms with van der Waals surface area (Å²) in [6, 6.07) is 2.81. The van der Waals surface area contributed by atoms with E-state index < -0.39 is 4.92 Å². The van der Waals surface area contributed by atoms with E-state index in [0.717, 1.165) is 6.42 Å². The van der Waals surface area contributed by atoms with E-state index in [4.69, 9.17) is 5.73 Å². The van der Waals surface area contributed by atoms with E-state index in [1.165, 1.54) is 12.1 Å². The number of aromatic nitrogens is 1. The molecule has 7 nitrogen and oxygen atoms in total. The highest BCUT2D eigenvalue weighted by Gasteiger charge is 2.36. The molecular weight excluding hydrogens is 248 g/mol. The molecule has 7 heteroatoms. The van der Waals surface area contributed by atoms with E-state index in [2.05, 4.69) is 4.98 Å². The van der Waals surface area contributed by atoms with Crippen molar-refractivity contribution in [3.05, 3.63) is 27.9 Å². The van der Waals surface area contributed by atoms with Crippen LogP contribution in [0, 0.1) is 15.5 Å². The molecule has 1 fully saturated rings. The molecule has 2 rings (SSSR count). The van der Waals surface area contributed by atoms with E-state index >= 15 is 0 Å². The summed E-state index contributed by atoms with van der Waals surface area (Å²) in [5, 5.41) is 10.6. The molecule has 1 aromatic rings. The van der Waals surface area contributed by atoms with Crippen molar-refractivity contribution in [1.29, 1.82) is 0 Å². The minimum absolute atomic E-state index is 0.0644. The Morgan fingerprint density at radius 2 is 2.26 bits per heavy atom. The summed E-state index contributed by atoms with van der Waals surface area (Å²) in [4.78, 5) is 26.5. The van der Waals surface area contributed by atoms with Gasteiger partial charge in [0.1, 0.15) is 0 Å². The number of amides is 1. The van der Waals surface area contributed by atoms with Gasteiger partial charge in [-0.05, 0) is 22.8 Å². The maximum Gasteiger partial charge on any atom is 0.321 e. The van der Waals surface area contributed by atoms with Crippen molar-refractivity contribution < 1.29 is 9.72 Å². The van der Waals surface area contributed by atoms with Crippen LogP contribution in [0.3, 0.4) is 0 Å². The lowest BCUT2D eigenvalue weighted by Gasteiger charge is -2.42. The molecule has 1 aromatic heterocycles. The number of piperidine rings is 1. The number of carbonyl (C=O) groups excluding carboxylic acids is 1. The third-order valence-electron chi connectivity index (χ3n) is 3.70. The van der Waals surface area contributed by atoms with Gasteiger partial charge >= 0.3 is 5.82 Å². The molecule has 0 bridgehead atoms. The maximum atomic E-state index is 12.3. The molecule has 0 aliphatic carbocycles. The molecule has 3 N–H and O–H groups in total. The highest BCUT2D eigenvalue weighted by atomic mass is 16.6. The molecule has 2 heterocycles. The molecule has 1 aliphatic rings. The number of nitro groups is 1. The summed E-state index contributed by atoms with van der Waals surface area (Å²) in [6.07, 6.45) is 0.738. The van der Waals surface area contributed by atoms with Gasteiger partial charge in [-0.15, -0.1) is 0 Å². The highest BCUT2D eigenvalue weighted by molar-refractivity contribution is 5.93. The Morgan fingerprint density at radius 3 is 2.79 bits per heavy atom. The van der Waals surface area contributed by atoms with Gasteiger partial charge in [-0.3, -0.25) is 4.79 Å². The van der Waals surface area contributed by atoms with Gasteiger partial charge in [-0.1, -0.05) is 13.8 Å². The Morgan fingerprint density at radius 1 is 1.58 bits per heavy atom. The largest absolute Gasteiger partial charge is 0.358 e. The molecule has 1 saturated heterocycles. The topological polar surface area (TPSA) is 105 Å². The molecule has 0 aromatic carbocycles. The van der Waals surface area contributed by atoms with Crippen LogP contribution in [0.4, 0.5) is 5.82 Å². The Labute approximate surface area is 110 Å². The van der Waals surface area contributed by atoms with Crippen molar-refractivity contribution in [1.82, 2.24) is 9.88 Å². The smallest absolute Gasteiger partial charge is 0.321 e. The number of H-pyrrole nitrogens is 1. The Balaban J connectivity index is 2.13. The van der Waals surface area contributed by atoms with Crippen LogP contribution in [0.25, 0.3) is 0 Å². The molecule has 0 spiro atoms. The quantitative estimate of drug-likeness (QED) is 0.618. The van der Waals surface area contributed by atoms with Crippen molar-refractivity contribution in [3.8, 4) is 0 Å². The normalized spacial score (nSPS) is 22.3. The molecule has 1 atom stereocenters. The lowest BCUT2D eigenvalue weighted by molar-refractivity contribution is -0.389. The fourth-order valence-electron chi connectivity index (χ4n) is 2.33. The van der Waals surface area contributed by atoms with E-state index in [0.29, 0.717) is 13.1 Å². The Bertz CT molecular complexity index is 509. The summed E-state index contributed by atoms with van der Waals surface area (Å²) < 4.78 is 0. The SMILES string of the molecule is CC1(C)CN(C(=O)c2ccc([N+](=O)[O-])[nH]2)CCC1N. The van der Waals surface area contributed by atoms with Gasteiger partial charge in [0, 0.05) is 25.2 Å². The predicted octanol–water partition coefficient (Wildman–Crippen LogP) is 1.12. The van der Waals surface area contributed by atoms with Crippen LogP contribution >= 0.6 is 0 Å². The fraction of sp³-hybridized carbons (Fsp3) is 0.583. The van der Waals surface area contributed by atoms with Gasteiger partial charge < -0.3 is 20.7 Å². The zero-order chi connectivity index (χ0) is 14.2. The number of likely N-dealkylation sites (tertiary alicyclic amines) is 1. The first-order valence-corrected chi connectivity index (χ1v) is 6.19. The van der Waals surface area contributed by atoms with E-state index in [9.17, 15) is 14.9 Å². The number of carbonyl (C=O) groups is 1. The predicted molar refractivity (Wildman–Crippen MR) is 69.7 cm³/mol. The van der Waals surface area contributed by atoms with Gasteiger partial charge in [0.05, 0.1) is 0 Å². The molecule has 0 saturated carbocycles. The minimum Gasteiger partial charge on any atom is -0.358 e. The monoisotopic (exact) mass is 266 g/mol. The first-order chi connectivity index (χ1) is 8.81. The van der Waals surface area contributed by atoms with Crippen molar-refractivity contribution in [3.63, 3.8) is 0 Å². The zero-order valence-corrected chi connectivity index (χ0v) is 11.0. The van der Waals surface area contributed by atoms with Crippen LogP contribution in [0.5, 0.6) is 0 Å². The van der Waals surface area contributed by atoms with E-state index in [-0.39, 0.29) is 28.9 Å². The summed E-state index contributed by atoms with van der Waals surface area (Å²) >= 11 is 0. The first kappa shape index (κ1) is 13.5. The van der Waals surface area contributed by atoms with Gasteiger partial charge in [0.25, 0.3) is 5.91 Å². The van der Waals surface area contributed by atoms with Crippen molar-refractivity contribution in [2.75, 3.05) is 13.1 Å². The number of nitrogens with zero attached hydrogens (tertiary/aromatic N) is 2. The third-order valence-corrected chi connectivity index (χ3v) is 3.70. The van der Waals surface area contributed by atoms with Gasteiger partial charge in [-0.25, -0.2) is 4.98 Å². The molecular formula is C12H18N4O3. The van der Waals surface area contributed by atoms with Crippen molar-refractivity contribution in [2.45, 2.75) is 26.3 Å². The Hall–Kier alpha value is -1.89. The molecule has 104 valence electrons. The van der Waals surface area contributed by atoms with Crippen molar-refractivity contribution in [2.24, 2.45) is 11.1 Å². The second-order valence-corrected chi connectivity index (χ2v) is 5.62. The second kappa shape index (κ2) is 4.65. The summed E-state index contributed by atoms with van der Waals surface area (Å²) in [7, 11) is 0. The lowest BCUT2D eigenvalue weighted by Crippen LogP contribution is -2.54. The number of nitrogens with one attached hydrogen (secondary N) is 1. The summed E-state index contributed by atoms with van der Waals surface area (Å²) in [6.45, 7) is 5.18. The molecule has 0 radical (unpaired) electrons. The molecule has 1 aliphatic heterocycles. The third kappa shape index (κ3) is 2.60. The number of aromatic amines is 1. The van der Waals surface area contributed by atoms with E-state index in [1.807, 2.05) is 13.8 Å². The standard InChI is InChI=1S/C12H18N4O3/c1-12(2)7-15(6-5-9(12)13)11(17)8-3-4-10(14-8)16(18)19/h3-4,9,14H,5-7,13H2,1-2H3. The summed E-state index contributed by atoms with van der Waals surface area (Å²) in [5.74, 6) is -0.385. The van der Waals surface area contributed by atoms with Crippen LogP contribution in [-0.4, -0.2) is 39.8 Å².